The zero-order valence-corrected chi connectivity index (χ0v) is 14.8. The minimum Gasteiger partial charge on any atom is -0.355 e. The fourth-order valence-electron chi connectivity index (χ4n) is 2.97. The van der Waals surface area contributed by atoms with Crippen molar-refractivity contribution in [3.8, 4) is 0 Å². The third-order valence-electron chi connectivity index (χ3n) is 4.62. The first-order chi connectivity index (χ1) is 11.1. The lowest BCUT2D eigenvalue weighted by Gasteiger charge is -2.27. The molecule has 0 spiro atoms. The van der Waals surface area contributed by atoms with Gasteiger partial charge < -0.3 is 10.6 Å². The standard InChI is InChI=1S/C19H31N3O/c1-15(2)17-4-6-18(7-5-17)16(3)14-19(23)21-10-13-22-11-8-20-9-12-22/h4-7,15-16,20H,8-14H2,1-3H3,(H,21,23). The molecule has 1 heterocycles. The summed E-state index contributed by atoms with van der Waals surface area (Å²) in [6.45, 7) is 12.5. The number of benzene rings is 1. The van der Waals surface area contributed by atoms with Crippen LogP contribution in [0.15, 0.2) is 24.3 Å². The van der Waals surface area contributed by atoms with Crippen LogP contribution in [0.4, 0.5) is 0 Å². The van der Waals surface area contributed by atoms with Gasteiger partial charge in [-0.3, -0.25) is 9.69 Å². The average molecular weight is 317 g/mol. The van der Waals surface area contributed by atoms with Crippen molar-refractivity contribution in [3.63, 3.8) is 0 Å². The van der Waals surface area contributed by atoms with Crippen molar-refractivity contribution in [2.24, 2.45) is 0 Å². The molecule has 1 amide bonds. The Bertz CT molecular complexity index is 478. The minimum absolute atomic E-state index is 0.153. The lowest BCUT2D eigenvalue weighted by atomic mass is 9.94. The number of carbonyl (C=O) groups excluding carboxylic acids is 1. The lowest BCUT2D eigenvalue weighted by molar-refractivity contribution is -0.121. The van der Waals surface area contributed by atoms with Gasteiger partial charge in [-0.25, -0.2) is 0 Å². The quantitative estimate of drug-likeness (QED) is 0.811. The summed E-state index contributed by atoms with van der Waals surface area (Å²) in [4.78, 5) is 14.5. The SMILES string of the molecule is CC(C)c1ccc(C(C)CC(=O)NCCN2CCNCC2)cc1. The van der Waals surface area contributed by atoms with E-state index in [4.69, 9.17) is 0 Å². The molecule has 4 heteroatoms. The van der Waals surface area contributed by atoms with Crippen molar-refractivity contribution in [3.05, 3.63) is 35.4 Å². The number of carbonyl (C=O) groups is 1. The molecular weight excluding hydrogens is 286 g/mol. The second kappa shape index (κ2) is 9.04. The third kappa shape index (κ3) is 5.96. The van der Waals surface area contributed by atoms with Crippen molar-refractivity contribution in [1.82, 2.24) is 15.5 Å². The Hall–Kier alpha value is -1.39. The molecule has 4 nitrogen and oxygen atoms in total. The summed E-state index contributed by atoms with van der Waals surface area (Å²) in [7, 11) is 0. The van der Waals surface area contributed by atoms with Crippen LogP contribution in [0.5, 0.6) is 0 Å². The van der Waals surface area contributed by atoms with Gasteiger partial charge in [0.05, 0.1) is 0 Å². The molecule has 0 radical (unpaired) electrons. The average Bonchev–Trinajstić information content (AvgIpc) is 2.56. The molecule has 128 valence electrons. The van der Waals surface area contributed by atoms with Gasteiger partial charge in [0.25, 0.3) is 0 Å². The summed E-state index contributed by atoms with van der Waals surface area (Å²) < 4.78 is 0. The molecule has 2 rings (SSSR count). The highest BCUT2D eigenvalue weighted by atomic mass is 16.1. The highest BCUT2D eigenvalue weighted by molar-refractivity contribution is 5.76. The maximum absolute atomic E-state index is 12.1. The number of hydrogen-bond acceptors (Lipinski definition) is 3. The summed E-state index contributed by atoms with van der Waals surface area (Å²) in [6.07, 6.45) is 0.558. The van der Waals surface area contributed by atoms with Gasteiger partial charge in [-0.05, 0) is 23.0 Å². The number of nitrogens with one attached hydrogen (secondary N) is 2. The van der Waals surface area contributed by atoms with Crippen LogP contribution in [0.2, 0.25) is 0 Å². The zero-order chi connectivity index (χ0) is 16.7. The largest absolute Gasteiger partial charge is 0.355 e. The summed E-state index contributed by atoms with van der Waals surface area (Å²) in [5.41, 5.74) is 2.59. The van der Waals surface area contributed by atoms with Crippen LogP contribution >= 0.6 is 0 Å². The Kier molecular flexibility index (Phi) is 7.06. The highest BCUT2D eigenvalue weighted by Crippen LogP contribution is 2.22. The molecule has 0 aromatic heterocycles. The van der Waals surface area contributed by atoms with Crippen molar-refractivity contribution in [2.45, 2.75) is 39.0 Å². The molecule has 0 aliphatic carbocycles. The predicted molar refractivity (Wildman–Crippen MR) is 95.9 cm³/mol. The maximum atomic E-state index is 12.1. The van der Waals surface area contributed by atoms with Crippen molar-refractivity contribution in [2.75, 3.05) is 39.3 Å². The molecule has 1 saturated heterocycles. The Morgan fingerprint density at radius 3 is 2.35 bits per heavy atom. The van der Waals surface area contributed by atoms with Gasteiger partial charge in [-0.2, -0.15) is 0 Å². The van der Waals surface area contributed by atoms with Crippen molar-refractivity contribution >= 4 is 5.91 Å². The summed E-state index contributed by atoms with van der Waals surface area (Å²) in [5.74, 6) is 0.962. The second-order valence-electron chi connectivity index (χ2n) is 6.87. The van der Waals surface area contributed by atoms with E-state index in [1.807, 2.05) is 0 Å². The number of piperazine rings is 1. The normalized spacial score (nSPS) is 17.2. The van der Waals surface area contributed by atoms with Crippen LogP contribution < -0.4 is 10.6 Å². The van der Waals surface area contributed by atoms with E-state index in [1.165, 1.54) is 11.1 Å². The highest BCUT2D eigenvalue weighted by Gasteiger charge is 2.13. The van der Waals surface area contributed by atoms with Gasteiger partial charge in [0.15, 0.2) is 0 Å². The van der Waals surface area contributed by atoms with Gasteiger partial charge in [-0.1, -0.05) is 45.0 Å². The van der Waals surface area contributed by atoms with E-state index in [9.17, 15) is 4.79 Å². The van der Waals surface area contributed by atoms with E-state index in [0.29, 0.717) is 12.3 Å². The second-order valence-corrected chi connectivity index (χ2v) is 6.87. The number of hydrogen-bond donors (Lipinski definition) is 2. The topological polar surface area (TPSA) is 44.4 Å². The lowest BCUT2D eigenvalue weighted by Crippen LogP contribution is -2.46. The van der Waals surface area contributed by atoms with E-state index in [2.05, 4.69) is 60.6 Å². The predicted octanol–water partition coefficient (Wildman–Crippen LogP) is 2.33. The minimum atomic E-state index is 0.153. The summed E-state index contributed by atoms with van der Waals surface area (Å²) >= 11 is 0. The number of rotatable bonds is 7. The van der Waals surface area contributed by atoms with Crippen molar-refractivity contribution in [1.29, 1.82) is 0 Å². The molecule has 23 heavy (non-hydrogen) atoms. The van der Waals surface area contributed by atoms with Gasteiger partial charge in [-0.15, -0.1) is 0 Å². The van der Waals surface area contributed by atoms with Gasteiger partial charge in [0, 0.05) is 45.7 Å². The first kappa shape index (κ1) is 18.0. The molecular formula is C19H31N3O. The maximum Gasteiger partial charge on any atom is 0.220 e. The fourth-order valence-corrected chi connectivity index (χ4v) is 2.97. The van der Waals surface area contributed by atoms with Crippen LogP contribution in [0.1, 0.15) is 50.2 Å². The van der Waals surface area contributed by atoms with Crippen LogP contribution in [0.3, 0.4) is 0 Å². The van der Waals surface area contributed by atoms with Crippen molar-refractivity contribution < 1.29 is 4.79 Å². The molecule has 2 N–H and O–H groups in total. The first-order valence-corrected chi connectivity index (χ1v) is 8.86. The summed E-state index contributed by atoms with van der Waals surface area (Å²) in [5, 5.41) is 6.40. The molecule has 1 fully saturated rings. The Morgan fingerprint density at radius 2 is 1.74 bits per heavy atom. The monoisotopic (exact) mass is 317 g/mol. The Morgan fingerprint density at radius 1 is 1.13 bits per heavy atom. The molecule has 1 aliphatic rings. The number of nitrogens with zero attached hydrogens (tertiary/aromatic N) is 1. The van der Waals surface area contributed by atoms with Crippen LogP contribution in [-0.2, 0) is 4.79 Å². The van der Waals surface area contributed by atoms with E-state index in [1.54, 1.807) is 0 Å². The number of amides is 1. The Labute approximate surface area is 140 Å². The van der Waals surface area contributed by atoms with E-state index in [0.717, 1.165) is 39.3 Å². The van der Waals surface area contributed by atoms with E-state index in [-0.39, 0.29) is 11.8 Å². The molecule has 1 aliphatic heterocycles. The summed E-state index contributed by atoms with van der Waals surface area (Å²) in [6, 6.07) is 8.68. The van der Waals surface area contributed by atoms with Gasteiger partial charge >= 0.3 is 0 Å². The Balaban J connectivity index is 1.71. The van der Waals surface area contributed by atoms with Crippen LogP contribution in [0, 0.1) is 0 Å². The smallest absolute Gasteiger partial charge is 0.220 e. The van der Waals surface area contributed by atoms with Crippen LogP contribution in [0.25, 0.3) is 0 Å². The first-order valence-electron chi connectivity index (χ1n) is 8.86. The molecule has 1 aromatic rings. The molecule has 0 saturated carbocycles. The molecule has 1 aromatic carbocycles. The van der Waals surface area contributed by atoms with Crippen LogP contribution in [-0.4, -0.2) is 50.1 Å². The van der Waals surface area contributed by atoms with E-state index >= 15 is 0 Å². The van der Waals surface area contributed by atoms with Gasteiger partial charge in [0.1, 0.15) is 0 Å². The fraction of sp³-hybridized carbons (Fsp3) is 0.632. The zero-order valence-electron chi connectivity index (χ0n) is 14.8. The molecule has 1 unspecified atom stereocenters. The third-order valence-corrected chi connectivity index (χ3v) is 4.62. The van der Waals surface area contributed by atoms with E-state index < -0.39 is 0 Å². The molecule has 1 atom stereocenters. The van der Waals surface area contributed by atoms with Gasteiger partial charge in [0.2, 0.25) is 5.91 Å². The molecule has 0 bridgehead atoms.